The number of thiocarbonyl (C=S) groups is 1. The largest absolute Gasteiger partial charge is 0.444 e. The fourth-order valence-electron chi connectivity index (χ4n) is 3.86. The van der Waals surface area contributed by atoms with Crippen molar-refractivity contribution in [1.29, 1.82) is 0 Å². The molecule has 3 N–H and O–H groups in total. The maximum atomic E-state index is 12.4. The molecule has 28 heavy (non-hydrogen) atoms. The highest BCUT2D eigenvalue weighted by Crippen LogP contribution is 2.29. The molecular formula is C20H36N4O3S. The van der Waals surface area contributed by atoms with E-state index in [2.05, 4.69) is 30.0 Å². The lowest BCUT2D eigenvalue weighted by atomic mass is 9.78. The van der Waals surface area contributed by atoms with Crippen LogP contribution in [0.25, 0.3) is 0 Å². The Morgan fingerprint density at radius 3 is 2.29 bits per heavy atom. The van der Waals surface area contributed by atoms with Crippen LogP contribution in [0.3, 0.4) is 0 Å². The van der Waals surface area contributed by atoms with Crippen LogP contribution in [-0.2, 0) is 9.53 Å². The summed E-state index contributed by atoms with van der Waals surface area (Å²) >= 11 is 5.34. The number of hydrogen-bond donors (Lipinski definition) is 3. The molecule has 0 bridgehead atoms. The molecule has 3 atom stereocenters. The Hall–Kier alpha value is -1.57. The van der Waals surface area contributed by atoms with Gasteiger partial charge in [-0.1, -0.05) is 26.7 Å². The summed E-state index contributed by atoms with van der Waals surface area (Å²) in [6.07, 6.45) is 4.48. The van der Waals surface area contributed by atoms with Crippen molar-refractivity contribution in [2.75, 3.05) is 13.1 Å². The number of amides is 2. The van der Waals surface area contributed by atoms with E-state index in [1.54, 1.807) is 4.90 Å². The molecule has 0 aromatic heterocycles. The highest BCUT2D eigenvalue weighted by molar-refractivity contribution is 7.80. The Bertz CT molecular complexity index is 570. The van der Waals surface area contributed by atoms with Gasteiger partial charge in [0.15, 0.2) is 5.11 Å². The van der Waals surface area contributed by atoms with Crippen LogP contribution in [-0.4, -0.2) is 46.7 Å². The summed E-state index contributed by atoms with van der Waals surface area (Å²) in [4.78, 5) is 26.2. The zero-order valence-corrected chi connectivity index (χ0v) is 18.7. The van der Waals surface area contributed by atoms with Gasteiger partial charge in [-0.2, -0.15) is 0 Å². The quantitative estimate of drug-likeness (QED) is 0.478. The van der Waals surface area contributed by atoms with Crippen molar-refractivity contribution in [3.63, 3.8) is 0 Å². The molecule has 1 aliphatic heterocycles. The molecule has 1 aliphatic carbocycles. The van der Waals surface area contributed by atoms with E-state index in [-0.39, 0.29) is 17.9 Å². The molecule has 1 saturated heterocycles. The lowest BCUT2D eigenvalue weighted by Gasteiger charge is -2.35. The van der Waals surface area contributed by atoms with Gasteiger partial charge in [-0.25, -0.2) is 4.79 Å². The number of hydrogen-bond acceptors (Lipinski definition) is 4. The zero-order valence-electron chi connectivity index (χ0n) is 17.8. The number of nitrogens with zero attached hydrogens (tertiary/aromatic N) is 1. The summed E-state index contributed by atoms with van der Waals surface area (Å²) < 4.78 is 5.39. The van der Waals surface area contributed by atoms with Crippen LogP contribution in [0.4, 0.5) is 4.79 Å². The van der Waals surface area contributed by atoms with Crippen LogP contribution in [0.2, 0.25) is 0 Å². The van der Waals surface area contributed by atoms with Gasteiger partial charge in [0.1, 0.15) is 5.60 Å². The number of piperidine rings is 1. The Morgan fingerprint density at radius 2 is 1.68 bits per heavy atom. The van der Waals surface area contributed by atoms with Gasteiger partial charge in [-0.15, -0.1) is 0 Å². The fourth-order valence-corrected chi connectivity index (χ4v) is 4.06. The van der Waals surface area contributed by atoms with Crippen molar-refractivity contribution >= 4 is 29.3 Å². The molecule has 2 rings (SSSR count). The van der Waals surface area contributed by atoms with E-state index >= 15 is 0 Å². The van der Waals surface area contributed by atoms with Crippen molar-refractivity contribution in [3.8, 4) is 0 Å². The smallest absolute Gasteiger partial charge is 0.410 e. The van der Waals surface area contributed by atoms with E-state index in [0.717, 1.165) is 6.42 Å². The van der Waals surface area contributed by atoms with Crippen LogP contribution in [0.5, 0.6) is 0 Å². The standard InChI is InChI=1S/C20H36N4O3S/c1-13-7-6-8-16(14(13)2)21-18(28)23-22-17(25)15-9-11-24(12-10-15)19(26)27-20(3,4)5/h13-16H,6-12H2,1-5H3,(H,22,25)(H2,21,23,28)/t13-,14-,16-/m1/s1. The van der Waals surface area contributed by atoms with Gasteiger partial charge in [0.05, 0.1) is 0 Å². The van der Waals surface area contributed by atoms with Gasteiger partial charge in [-0.3, -0.25) is 15.6 Å². The molecule has 0 spiro atoms. The summed E-state index contributed by atoms with van der Waals surface area (Å²) in [5.74, 6) is 1.01. The number of likely N-dealkylation sites (tertiary alicyclic amines) is 1. The third kappa shape index (κ3) is 6.79. The first-order valence-electron chi connectivity index (χ1n) is 10.4. The number of hydrazine groups is 1. The molecular weight excluding hydrogens is 376 g/mol. The maximum Gasteiger partial charge on any atom is 0.410 e. The summed E-state index contributed by atoms with van der Waals surface area (Å²) in [6.45, 7) is 11.1. The average molecular weight is 413 g/mol. The predicted octanol–water partition coefficient (Wildman–Crippen LogP) is 2.95. The van der Waals surface area contributed by atoms with Crippen molar-refractivity contribution in [2.45, 2.75) is 78.4 Å². The minimum Gasteiger partial charge on any atom is -0.444 e. The van der Waals surface area contributed by atoms with Crippen LogP contribution >= 0.6 is 12.2 Å². The molecule has 0 aromatic rings. The van der Waals surface area contributed by atoms with Gasteiger partial charge in [0, 0.05) is 25.0 Å². The first-order valence-corrected chi connectivity index (χ1v) is 10.8. The first kappa shape index (κ1) is 22.7. The normalized spacial score (nSPS) is 26.3. The SMILES string of the molecule is C[C@@H]1[C@H](C)CCC[C@H]1NC(=S)NNC(=O)C1CCN(C(=O)OC(C)(C)C)CC1. The summed E-state index contributed by atoms with van der Waals surface area (Å²) in [6, 6.07) is 0.345. The Morgan fingerprint density at radius 1 is 1.04 bits per heavy atom. The van der Waals surface area contributed by atoms with E-state index in [9.17, 15) is 9.59 Å². The fraction of sp³-hybridized carbons (Fsp3) is 0.850. The molecule has 2 aliphatic rings. The second-order valence-corrected chi connectivity index (χ2v) is 9.61. The number of carbonyl (C=O) groups is 2. The topological polar surface area (TPSA) is 82.7 Å². The van der Waals surface area contributed by atoms with Gasteiger partial charge in [0.2, 0.25) is 5.91 Å². The van der Waals surface area contributed by atoms with Crippen molar-refractivity contribution in [1.82, 2.24) is 21.1 Å². The van der Waals surface area contributed by atoms with E-state index in [4.69, 9.17) is 17.0 Å². The van der Waals surface area contributed by atoms with Crippen LogP contribution in [0.1, 0.15) is 66.7 Å². The molecule has 160 valence electrons. The molecule has 0 aromatic carbocycles. The van der Waals surface area contributed by atoms with Crippen molar-refractivity contribution in [3.05, 3.63) is 0 Å². The lowest BCUT2D eigenvalue weighted by Crippen LogP contribution is -2.54. The highest BCUT2D eigenvalue weighted by atomic mass is 32.1. The Kier molecular flexibility index (Phi) is 7.92. The van der Waals surface area contributed by atoms with Gasteiger partial charge in [0.25, 0.3) is 0 Å². The number of rotatable bonds is 2. The van der Waals surface area contributed by atoms with E-state index < -0.39 is 5.60 Å². The minimum atomic E-state index is -0.508. The summed E-state index contributed by atoms with van der Waals surface area (Å²) in [5.41, 5.74) is 5.06. The third-order valence-electron chi connectivity index (χ3n) is 5.84. The maximum absolute atomic E-state index is 12.4. The van der Waals surface area contributed by atoms with Crippen LogP contribution < -0.4 is 16.2 Å². The van der Waals surface area contributed by atoms with Crippen molar-refractivity contribution in [2.24, 2.45) is 17.8 Å². The minimum absolute atomic E-state index is 0.0851. The van der Waals surface area contributed by atoms with Gasteiger partial charge < -0.3 is 15.0 Å². The summed E-state index contributed by atoms with van der Waals surface area (Å²) in [7, 11) is 0. The lowest BCUT2D eigenvalue weighted by molar-refractivity contribution is -0.127. The summed E-state index contributed by atoms with van der Waals surface area (Å²) in [5, 5.41) is 3.80. The Labute approximate surface area is 174 Å². The second kappa shape index (κ2) is 9.76. The number of carbonyl (C=O) groups excluding carboxylic acids is 2. The van der Waals surface area contributed by atoms with Gasteiger partial charge in [-0.05, 0) is 64.1 Å². The molecule has 0 radical (unpaired) electrons. The second-order valence-electron chi connectivity index (χ2n) is 9.20. The van der Waals surface area contributed by atoms with E-state index in [1.807, 2.05) is 20.8 Å². The molecule has 1 heterocycles. The predicted molar refractivity (Wildman–Crippen MR) is 114 cm³/mol. The van der Waals surface area contributed by atoms with Crippen molar-refractivity contribution < 1.29 is 14.3 Å². The van der Waals surface area contributed by atoms with E-state index in [0.29, 0.717) is 48.9 Å². The molecule has 1 saturated carbocycles. The van der Waals surface area contributed by atoms with Gasteiger partial charge >= 0.3 is 6.09 Å². The Balaban J connectivity index is 1.70. The molecule has 8 heteroatoms. The average Bonchev–Trinajstić information content (AvgIpc) is 2.62. The third-order valence-corrected chi connectivity index (χ3v) is 6.06. The van der Waals surface area contributed by atoms with Crippen LogP contribution in [0, 0.1) is 17.8 Å². The van der Waals surface area contributed by atoms with E-state index in [1.165, 1.54) is 12.8 Å². The molecule has 2 amide bonds. The number of nitrogens with one attached hydrogen (secondary N) is 3. The first-order chi connectivity index (χ1) is 13.1. The van der Waals surface area contributed by atoms with Crippen LogP contribution in [0.15, 0.2) is 0 Å². The molecule has 0 unspecified atom stereocenters. The monoisotopic (exact) mass is 412 g/mol. The molecule has 2 fully saturated rings. The number of ether oxygens (including phenoxy) is 1. The molecule has 7 nitrogen and oxygen atoms in total. The zero-order chi connectivity index (χ0) is 20.9. The highest BCUT2D eigenvalue weighted by Gasteiger charge is 2.30.